The maximum Gasteiger partial charge on any atom is 0.408 e. The van der Waals surface area contributed by atoms with Crippen molar-refractivity contribution in [2.75, 3.05) is 39.0 Å². The number of sulfonamides is 1. The number of carbonyl (C=O) groups is 1. The quantitative estimate of drug-likeness (QED) is 0.421. The van der Waals surface area contributed by atoms with Gasteiger partial charge >= 0.3 is 6.09 Å². The minimum atomic E-state index is -3.13. The number of nitrogens with zero attached hydrogens (tertiary/aromatic N) is 2. The molecule has 0 aromatic rings. The number of hydrogen-bond donors (Lipinski definition) is 3. The Kier molecular flexibility index (Phi) is 8.55. The smallest absolute Gasteiger partial charge is 0.408 e. The lowest BCUT2D eigenvalue weighted by Crippen LogP contribution is -2.49. The highest BCUT2D eigenvalue weighted by Gasteiger charge is 2.28. The first-order chi connectivity index (χ1) is 12.7. The van der Waals surface area contributed by atoms with Crippen LogP contribution in [0.4, 0.5) is 4.79 Å². The van der Waals surface area contributed by atoms with Gasteiger partial charge in [-0.15, -0.1) is 0 Å². The average Bonchev–Trinajstić information content (AvgIpc) is 2.96. The Labute approximate surface area is 169 Å². The summed E-state index contributed by atoms with van der Waals surface area (Å²) in [5.41, 5.74) is -1.13. The molecule has 1 unspecified atom stereocenters. The number of alkyl carbamates (subject to hydrolysis) is 1. The molecule has 0 saturated carbocycles. The molecule has 1 amide bonds. The molecule has 1 aliphatic heterocycles. The number of aliphatic imine (C=N–C) groups is 1. The highest BCUT2D eigenvalue weighted by molar-refractivity contribution is 7.88. The Balaban J connectivity index is 2.58. The summed E-state index contributed by atoms with van der Waals surface area (Å²) in [6, 6.07) is 0. The molecule has 1 fully saturated rings. The number of hydrogen-bond acceptors (Lipinski definition) is 5. The summed E-state index contributed by atoms with van der Waals surface area (Å²) in [4.78, 5) is 16.5. The van der Waals surface area contributed by atoms with Crippen LogP contribution >= 0.6 is 0 Å². The normalized spacial score (nSPS) is 19.4. The molecule has 0 aliphatic carbocycles. The molecule has 0 spiro atoms. The molecular formula is C18H37N5O4S. The van der Waals surface area contributed by atoms with Crippen LogP contribution in [0, 0.1) is 5.92 Å². The van der Waals surface area contributed by atoms with E-state index in [-0.39, 0.29) is 5.92 Å². The number of rotatable bonds is 7. The van der Waals surface area contributed by atoms with Gasteiger partial charge in [-0.3, -0.25) is 4.99 Å². The fraction of sp³-hybridized carbons (Fsp3) is 0.889. The second kappa shape index (κ2) is 9.78. The Hall–Kier alpha value is -1.55. The molecule has 10 heteroatoms. The summed E-state index contributed by atoms with van der Waals surface area (Å²) < 4.78 is 30.1. The second-order valence-electron chi connectivity index (χ2n) is 8.86. The molecule has 28 heavy (non-hydrogen) atoms. The van der Waals surface area contributed by atoms with E-state index >= 15 is 0 Å². The lowest BCUT2D eigenvalue weighted by atomic mass is 10.1. The fourth-order valence-corrected chi connectivity index (χ4v) is 3.66. The molecule has 1 rings (SSSR count). The molecule has 0 aromatic carbocycles. The van der Waals surface area contributed by atoms with E-state index in [1.165, 1.54) is 10.6 Å². The van der Waals surface area contributed by atoms with E-state index < -0.39 is 27.3 Å². The molecular weight excluding hydrogens is 382 g/mol. The lowest BCUT2D eigenvalue weighted by Gasteiger charge is -2.27. The van der Waals surface area contributed by atoms with E-state index in [0.29, 0.717) is 38.7 Å². The van der Waals surface area contributed by atoms with Gasteiger partial charge in [-0.05, 0) is 53.9 Å². The van der Waals surface area contributed by atoms with Crippen LogP contribution in [0.25, 0.3) is 0 Å². The van der Waals surface area contributed by atoms with Crippen molar-refractivity contribution in [2.45, 2.75) is 59.1 Å². The van der Waals surface area contributed by atoms with E-state index in [4.69, 9.17) is 4.74 Å². The minimum Gasteiger partial charge on any atom is -0.444 e. The highest BCUT2D eigenvalue weighted by Crippen LogP contribution is 2.17. The van der Waals surface area contributed by atoms with Crippen LogP contribution < -0.4 is 16.0 Å². The maximum atomic E-state index is 12.0. The van der Waals surface area contributed by atoms with Crippen molar-refractivity contribution in [1.82, 2.24) is 20.3 Å². The van der Waals surface area contributed by atoms with Crippen LogP contribution in [0.5, 0.6) is 0 Å². The number of guanidine groups is 1. The monoisotopic (exact) mass is 419 g/mol. The van der Waals surface area contributed by atoms with Crippen LogP contribution in [-0.4, -0.2) is 74.9 Å². The molecule has 1 heterocycles. The zero-order valence-corrected chi connectivity index (χ0v) is 19.1. The maximum absolute atomic E-state index is 12.0. The third kappa shape index (κ3) is 9.59. The summed E-state index contributed by atoms with van der Waals surface area (Å²) in [6.45, 7) is 14.0. The Bertz CT molecular complexity index is 655. The van der Waals surface area contributed by atoms with E-state index in [2.05, 4.69) is 20.9 Å². The zero-order valence-electron chi connectivity index (χ0n) is 18.3. The van der Waals surface area contributed by atoms with Gasteiger partial charge in [0.25, 0.3) is 0 Å². The van der Waals surface area contributed by atoms with Crippen LogP contribution in [0.2, 0.25) is 0 Å². The highest BCUT2D eigenvalue weighted by atomic mass is 32.2. The van der Waals surface area contributed by atoms with Crippen LogP contribution in [0.3, 0.4) is 0 Å². The lowest BCUT2D eigenvalue weighted by molar-refractivity contribution is 0.0476. The average molecular weight is 420 g/mol. The Morgan fingerprint density at radius 3 is 2.36 bits per heavy atom. The van der Waals surface area contributed by atoms with Gasteiger partial charge in [0.2, 0.25) is 10.0 Å². The van der Waals surface area contributed by atoms with E-state index in [0.717, 1.165) is 6.42 Å². The van der Waals surface area contributed by atoms with Gasteiger partial charge < -0.3 is 20.7 Å². The third-order valence-electron chi connectivity index (χ3n) is 4.09. The van der Waals surface area contributed by atoms with Crippen LogP contribution in [-0.2, 0) is 14.8 Å². The van der Waals surface area contributed by atoms with E-state index in [1.54, 1.807) is 0 Å². The largest absolute Gasteiger partial charge is 0.444 e. The predicted octanol–water partition coefficient (Wildman–Crippen LogP) is 1.13. The van der Waals surface area contributed by atoms with Gasteiger partial charge in [-0.25, -0.2) is 17.5 Å². The molecule has 0 bridgehead atoms. The summed E-state index contributed by atoms with van der Waals surface area (Å²) in [7, 11) is -3.13. The van der Waals surface area contributed by atoms with Crippen molar-refractivity contribution in [3.05, 3.63) is 0 Å². The van der Waals surface area contributed by atoms with Crippen LogP contribution in [0.1, 0.15) is 48.0 Å². The summed E-state index contributed by atoms with van der Waals surface area (Å²) in [5.74, 6) is 0.880. The van der Waals surface area contributed by atoms with Crippen molar-refractivity contribution in [3.8, 4) is 0 Å². The molecule has 0 aromatic heterocycles. The number of amides is 1. The molecule has 0 radical (unpaired) electrons. The molecule has 3 N–H and O–H groups in total. The molecule has 9 nitrogen and oxygen atoms in total. The van der Waals surface area contributed by atoms with Crippen molar-refractivity contribution in [1.29, 1.82) is 0 Å². The van der Waals surface area contributed by atoms with Gasteiger partial charge in [0.15, 0.2) is 5.96 Å². The zero-order chi connectivity index (χ0) is 21.6. The molecule has 1 saturated heterocycles. The fourth-order valence-electron chi connectivity index (χ4n) is 2.74. The third-order valence-corrected chi connectivity index (χ3v) is 5.36. The topological polar surface area (TPSA) is 112 Å². The second-order valence-corrected chi connectivity index (χ2v) is 10.8. The van der Waals surface area contributed by atoms with Crippen molar-refractivity contribution >= 4 is 22.1 Å². The first kappa shape index (κ1) is 24.5. The van der Waals surface area contributed by atoms with Gasteiger partial charge in [0, 0.05) is 26.2 Å². The number of nitrogens with one attached hydrogen (secondary N) is 3. The van der Waals surface area contributed by atoms with Crippen molar-refractivity contribution in [3.63, 3.8) is 0 Å². The van der Waals surface area contributed by atoms with Gasteiger partial charge in [-0.1, -0.05) is 0 Å². The predicted molar refractivity (Wildman–Crippen MR) is 112 cm³/mol. The van der Waals surface area contributed by atoms with Crippen molar-refractivity contribution in [2.24, 2.45) is 10.9 Å². The van der Waals surface area contributed by atoms with E-state index in [9.17, 15) is 13.2 Å². The van der Waals surface area contributed by atoms with Gasteiger partial charge in [-0.2, -0.15) is 0 Å². The van der Waals surface area contributed by atoms with E-state index in [1.807, 2.05) is 41.5 Å². The Morgan fingerprint density at radius 2 is 1.86 bits per heavy atom. The molecule has 164 valence electrons. The van der Waals surface area contributed by atoms with Gasteiger partial charge in [0.1, 0.15) is 5.60 Å². The number of ether oxygens (including phenoxy) is 1. The first-order valence-electron chi connectivity index (χ1n) is 9.70. The molecule has 1 aliphatic rings. The van der Waals surface area contributed by atoms with Crippen LogP contribution in [0.15, 0.2) is 4.99 Å². The summed E-state index contributed by atoms with van der Waals surface area (Å²) >= 11 is 0. The standard InChI is InChI=1S/C18H37N5O4S/c1-8-19-15(20-11-14-9-10-23(12-14)28(7,25)26)21-13-18(5,6)22-16(24)27-17(2,3)4/h14H,8-13H2,1-7H3,(H,22,24)(H2,19,20,21). The Morgan fingerprint density at radius 1 is 1.21 bits per heavy atom. The molecule has 1 atom stereocenters. The summed E-state index contributed by atoms with van der Waals surface area (Å²) in [6.07, 6.45) is 1.59. The minimum absolute atomic E-state index is 0.242. The number of carbonyl (C=O) groups excluding carboxylic acids is 1. The first-order valence-corrected chi connectivity index (χ1v) is 11.5. The van der Waals surface area contributed by atoms with Gasteiger partial charge in [0.05, 0.1) is 18.3 Å². The SMILES string of the molecule is CCNC(=NCC(C)(C)NC(=O)OC(C)(C)C)NCC1CCN(S(C)(=O)=O)C1. The van der Waals surface area contributed by atoms with Crippen molar-refractivity contribution < 1.29 is 17.9 Å². The summed E-state index contributed by atoms with van der Waals surface area (Å²) in [5, 5.41) is 9.28.